The van der Waals surface area contributed by atoms with Gasteiger partial charge in [-0.15, -0.1) is 0 Å². The summed E-state index contributed by atoms with van der Waals surface area (Å²) in [4.78, 5) is 0. The minimum Gasteiger partial charge on any atom is -0.410 e. The second-order valence-corrected chi connectivity index (χ2v) is 2.70. The van der Waals surface area contributed by atoms with Gasteiger partial charge in [-0.3, -0.25) is 0 Å². The first-order valence-electron chi connectivity index (χ1n) is 3.30. The van der Waals surface area contributed by atoms with Gasteiger partial charge in [-0.1, -0.05) is 16.8 Å². The molecule has 1 rings (SSSR count). The molecule has 1 aliphatic rings. The number of halogens is 1. The zero-order valence-electron chi connectivity index (χ0n) is 5.59. The molecule has 58 valence electrons. The summed E-state index contributed by atoms with van der Waals surface area (Å²) >= 11 is 5.59. The van der Waals surface area contributed by atoms with Crippen LogP contribution < -0.4 is 0 Å². The van der Waals surface area contributed by atoms with E-state index in [0.717, 1.165) is 26.1 Å². The van der Waals surface area contributed by atoms with E-state index >= 15 is 0 Å². The Kier molecular flexibility index (Phi) is 2.96. The van der Waals surface area contributed by atoms with Gasteiger partial charge in [0.25, 0.3) is 0 Å². The fraction of sp³-hybridized carbons (Fsp3) is 0.833. The van der Waals surface area contributed by atoms with Gasteiger partial charge in [-0.05, 0) is 12.8 Å². The van der Waals surface area contributed by atoms with Gasteiger partial charge in [-0.25, -0.2) is 0 Å². The van der Waals surface area contributed by atoms with Crippen molar-refractivity contribution >= 4 is 16.8 Å². The van der Waals surface area contributed by atoms with Crippen LogP contribution in [-0.2, 0) is 4.74 Å². The first-order valence-corrected chi connectivity index (χ1v) is 3.67. The number of oxime groups is 1. The van der Waals surface area contributed by atoms with Crippen molar-refractivity contribution in [3.63, 3.8) is 0 Å². The summed E-state index contributed by atoms with van der Waals surface area (Å²) in [6, 6.07) is 0. The van der Waals surface area contributed by atoms with Crippen molar-refractivity contribution in [2.45, 2.75) is 12.8 Å². The van der Waals surface area contributed by atoms with Crippen LogP contribution in [0.4, 0.5) is 0 Å². The Bertz CT molecular complexity index is 132. The molecule has 0 aromatic heterocycles. The quantitative estimate of drug-likeness (QED) is 0.361. The molecular formula is C6H10ClNO2. The van der Waals surface area contributed by atoms with Crippen molar-refractivity contribution in [2.24, 2.45) is 11.1 Å². The number of rotatable bonds is 1. The van der Waals surface area contributed by atoms with Crippen molar-refractivity contribution in [3.8, 4) is 0 Å². The maximum atomic E-state index is 8.30. The highest BCUT2D eigenvalue weighted by Gasteiger charge is 2.18. The van der Waals surface area contributed by atoms with E-state index in [-0.39, 0.29) is 5.92 Å². The summed E-state index contributed by atoms with van der Waals surface area (Å²) in [5.74, 6) is 0.209. The van der Waals surface area contributed by atoms with Gasteiger partial charge >= 0.3 is 0 Å². The van der Waals surface area contributed by atoms with Crippen LogP contribution in [0.25, 0.3) is 0 Å². The lowest BCUT2D eigenvalue weighted by Gasteiger charge is -2.19. The molecule has 0 spiro atoms. The molecule has 10 heavy (non-hydrogen) atoms. The lowest BCUT2D eigenvalue weighted by Crippen LogP contribution is -2.20. The molecule has 0 aromatic rings. The van der Waals surface area contributed by atoms with Gasteiger partial charge in [0.2, 0.25) is 0 Å². The van der Waals surface area contributed by atoms with Crippen molar-refractivity contribution in [2.75, 3.05) is 13.2 Å². The van der Waals surface area contributed by atoms with Crippen molar-refractivity contribution in [3.05, 3.63) is 0 Å². The number of ether oxygens (including phenoxy) is 1. The highest BCUT2D eigenvalue weighted by molar-refractivity contribution is 6.65. The fourth-order valence-corrected chi connectivity index (χ4v) is 1.24. The predicted octanol–water partition coefficient (Wildman–Crippen LogP) is 1.44. The normalized spacial score (nSPS) is 23.1. The van der Waals surface area contributed by atoms with E-state index < -0.39 is 0 Å². The summed E-state index contributed by atoms with van der Waals surface area (Å²) in [5.41, 5.74) is 0. The average Bonchev–Trinajstić information content (AvgIpc) is 2.05. The topological polar surface area (TPSA) is 41.8 Å². The van der Waals surface area contributed by atoms with E-state index in [9.17, 15) is 0 Å². The van der Waals surface area contributed by atoms with Crippen LogP contribution in [0.1, 0.15) is 12.8 Å². The van der Waals surface area contributed by atoms with Crippen LogP contribution in [-0.4, -0.2) is 23.6 Å². The van der Waals surface area contributed by atoms with Gasteiger partial charge in [-0.2, -0.15) is 0 Å². The molecule has 0 atom stereocenters. The molecule has 0 aliphatic carbocycles. The Morgan fingerprint density at radius 3 is 2.60 bits per heavy atom. The largest absolute Gasteiger partial charge is 0.410 e. The van der Waals surface area contributed by atoms with Crippen LogP contribution >= 0.6 is 11.6 Å². The van der Waals surface area contributed by atoms with Gasteiger partial charge in [0.1, 0.15) is 5.17 Å². The van der Waals surface area contributed by atoms with Crippen molar-refractivity contribution in [1.29, 1.82) is 0 Å². The van der Waals surface area contributed by atoms with E-state index in [4.69, 9.17) is 21.5 Å². The van der Waals surface area contributed by atoms with Crippen LogP contribution in [0, 0.1) is 5.92 Å². The Morgan fingerprint density at radius 2 is 2.10 bits per heavy atom. The monoisotopic (exact) mass is 163 g/mol. The predicted molar refractivity (Wildman–Crippen MR) is 38.6 cm³/mol. The molecule has 0 radical (unpaired) electrons. The van der Waals surface area contributed by atoms with E-state index in [2.05, 4.69) is 5.16 Å². The summed E-state index contributed by atoms with van der Waals surface area (Å²) < 4.78 is 5.10. The van der Waals surface area contributed by atoms with Crippen LogP contribution in [0.5, 0.6) is 0 Å². The third kappa shape index (κ3) is 1.85. The molecule has 0 saturated carbocycles. The van der Waals surface area contributed by atoms with Crippen LogP contribution in [0.3, 0.4) is 0 Å². The van der Waals surface area contributed by atoms with E-state index in [1.54, 1.807) is 0 Å². The Labute approximate surface area is 64.6 Å². The Hall–Kier alpha value is -0.280. The lowest BCUT2D eigenvalue weighted by atomic mass is 10.0. The van der Waals surface area contributed by atoms with Crippen molar-refractivity contribution < 1.29 is 9.94 Å². The minimum atomic E-state index is 0.209. The first kappa shape index (κ1) is 7.82. The third-order valence-electron chi connectivity index (χ3n) is 1.65. The molecule has 3 nitrogen and oxygen atoms in total. The standard InChI is InChI=1S/C6H10ClNO2/c7-6(8-9)5-1-3-10-4-2-5/h5,9H,1-4H2/b8-6-. The van der Waals surface area contributed by atoms with Gasteiger partial charge in [0.15, 0.2) is 0 Å². The molecule has 0 aromatic carbocycles. The maximum absolute atomic E-state index is 8.30. The molecule has 1 heterocycles. The van der Waals surface area contributed by atoms with E-state index in [1.807, 2.05) is 0 Å². The highest BCUT2D eigenvalue weighted by Crippen LogP contribution is 2.17. The van der Waals surface area contributed by atoms with Gasteiger partial charge < -0.3 is 9.94 Å². The minimum absolute atomic E-state index is 0.209. The van der Waals surface area contributed by atoms with Crippen molar-refractivity contribution in [1.82, 2.24) is 0 Å². The first-order chi connectivity index (χ1) is 4.84. The maximum Gasteiger partial charge on any atom is 0.148 e. The Morgan fingerprint density at radius 1 is 1.50 bits per heavy atom. The summed E-state index contributed by atoms with van der Waals surface area (Å²) in [6.07, 6.45) is 1.73. The molecule has 1 fully saturated rings. The van der Waals surface area contributed by atoms with Crippen LogP contribution in [0.15, 0.2) is 5.16 Å². The van der Waals surface area contributed by atoms with E-state index in [1.165, 1.54) is 0 Å². The highest BCUT2D eigenvalue weighted by atomic mass is 35.5. The fourth-order valence-electron chi connectivity index (χ4n) is 1.02. The molecule has 0 amide bonds. The lowest BCUT2D eigenvalue weighted by molar-refractivity contribution is 0.0826. The molecule has 0 bridgehead atoms. The number of nitrogens with zero attached hydrogens (tertiary/aromatic N) is 1. The average molecular weight is 164 g/mol. The second kappa shape index (κ2) is 3.78. The number of hydrogen-bond donors (Lipinski definition) is 1. The van der Waals surface area contributed by atoms with E-state index in [0.29, 0.717) is 5.17 Å². The molecule has 4 heteroatoms. The molecule has 0 unspecified atom stereocenters. The summed E-state index contributed by atoms with van der Waals surface area (Å²) in [5, 5.41) is 11.5. The van der Waals surface area contributed by atoms with Gasteiger partial charge in [0.05, 0.1) is 0 Å². The van der Waals surface area contributed by atoms with Gasteiger partial charge in [0, 0.05) is 19.1 Å². The third-order valence-corrected chi connectivity index (χ3v) is 2.04. The molecule has 1 saturated heterocycles. The Balaban J connectivity index is 2.39. The smallest absolute Gasteiger partial charge is 0.148 e. The molecule has 1 N–H and O–H groups in total. The second-order valence-electron chi connectivity index (χ2n) is 2.31. The molecule has 1 aliphatic heterocycles. The zero-order chi connectivity index (χ0) is 7.40. The van der Waals surface area contributed by atoms with Crippen LogP contribution in [0.2, 0.25) is 0 Å². The zero-order valence-corrected chi connectivity index (χ0v) is 6.34. The number of hydrogen-bond acceptors (Lipinski definition) is 3. The molecular weight excluding hydrogens is 154 g/mol. The summed E-state index contributed by atoms with van der Waals surface area (Å²) in [7, 11) is 0. The SMILES string of the molecule is O/N=C(\Cl)C1CCOCC1. The summed E-state index contributed by atoms with van der Waals surface area (Å²) in [6.45, 7) is 1.44.